The minimum atomic E-state index is -4.60. The lowest BCUT2D eigenvalue weighted by atomic mass is 10.1. The number of anilines is 1. The van der Waals surface area contributed by atoms with Gasteiger partial charge in [-0.05, 0) is 55.3 Å². The van der Waals surface area contributed by atoms with Gasteiger partial charge in [0.2, 0.25) is 0 Å². The molecule has 4 aromatic rings. The van der Waals surface area contributed by atoms with Crippen LogP contribution in [-0.2, 0) is 6.18 Å². The highest BCUT2D eigenvalue weighted by Gasteiger charge is 2.32. The minimum Gasteiger partial charge on any atom is -0.370 e. The average Bonchev–Trinajstić information content (AvgIpc) is 2.88. The van der Waals surface area contributed by atoms with Crippen LogP contribution in [0.25, 0.3) is 22.3 Å². The second kappa shape index (κ2) is 10.9. The molecule has 3 aromatic carbocycles. The largest absolute Gasteiger partial charge is 0.416 e. The number of nitrogens with one attached hydrogen (secondary N) is 2. The van der Waals surface area contributed by atoms with Gasteiger partial charge in [-0.3, -0.25) is 9.59 Å². The molecule has 2 N–H and O–H groups in total. The summed E-state index contributed by atoms with van der Waals surface area (Å²) in [6.07, 6.45) is -3.92. The van der Waals surface area contributed by atoms with E-state index in [-0.39, 0.29) is 23.8 Å². The average molecular weight is 509 g/mol. The number of alkyl halides is 3. The molecule has 192 valence electrons. The lowest BCUT2D eigenvalue weighted by Crippen LogP contribution is -2.35. The molecule has 0 aliphatic carbocycles. The second-order valence-corrected chi connectivity index (χ2v) is 8.76. The molecular formula is C28H27F3N4O2. The number of aryl methyl sites for hydroxylation is 1. The highest BCUT2D eigenvalue weighted by atomic mass is 19.4. The molecule has 0 fully saturated rings. The van der Waals surface area contributed by atoms with Crippen molar-refractivity contribution in [2.45, 2.75) is 26.4 Å². The number of nitrogens with zero attached hydrogens (tertiary/aromatic N) is 2. The number of aromatic nitrogens is 2. The Labute approximate surface area is 212 Å². The van der Waals surface area contributed by atoms with Crippen molar-refractivity contribution in [3.63, 3.8) is 0 Å². The summed E-state index contributed by atoms with van der Waals surface area (Å²) in [5.74, 6) is -0.192. The van der Waals surface area contributed by atoms with Gasteiger partial charge in [-0.15, -0.1) is 0 Å². The molecular weight excluding hydrogens is 481 g/mol. The first-order chi connectivity index (χ1) is 17.7. The summed E-state index contributed by atoms with van der Waals surface area (Å²) in [7, 11) is 0. The van der Waals surface area contributed by atoms with E-state index in [2.05, 4.69) is 15.3 Å². The number of hydrogen-bond donors (Lipinski definition) is 2. The van der Waals surface area contributed by atoms with Gasteiger partial charge in [0.1, 0.15) is 5.82 Å². The van der Waals surface area contributed by atoms with E-state index in [4.69, 9.17) is 0 Å². The number of fused-ring (bicyclic) bond motifs is 1. The van der Waals surface area contributed by atoms with Crippen LogP contribution in [-0.4, -0.2) is 35.5 Å². The Morgan fingerprint density at radius 1 is 1.03 bits per heavy atom. The van der Waals surface area contributed by atoms with E-state index < -0.39 is 17.3 Å². The zero-order valence-corrected chi connectivity index (χ0v) is 20.5. The number of amides is 1. The Kier molecular flexibility index (Phi) is 7.61. The third-order valence-electron chi connectivity index (χ3n) is 6.02. The van der Waals surface area contributed by atoms with Crippen molar-refractivity contribution < 1.29 is 18.0 Å². The summed E-state index contributed by atoms with van der Waals surface area (Å²) in [6, 6.07) is 17.5. The van der Waals surface area contributed by atoms with Crippen LogP contribution in [0.3, 0.4) is 0 Å². The Balaban J connectivity index is 1.69. The number of carbonyl (C=O) groups is 1. The van der Waals surface area contributed by atoms with Gasteiger partial charge in [0.25, 0.3) is 11.5 Å². The summed E-state index contributed by atoms with van der Waals surface area (Å²) in [5.41, 5.74) is 0.911. The van der Waals surface area contributed by atoms with E-state index in [0.717, 1.165) is 17.7 Å². The SMILES string of the molecule is CCCN(CCNC(=O)c1ccccc1)c1cc(-c2nc3c(C)cccc3c(=O)[nH]2)cc(C(F)(F)F)c1. The smallest absolute Gasteiger partial charge is 0.370 e. The molecule has 1 heterocycles. The molecule has 1 amide bonds. The number of carbonyl (C=O) groups excluding carboxylic acids is 1. The predicted octanol–water partition coefficient (Wildman–Crippen LogP) is 5.56. The van der Waals surface area contributed by atoms with E-state index in [1.54, 1.807) is 60.4 Å². The lowest BCUT2D eigenvalue weighted by molar-refractivity contribution is -0.137. The number of benzene rings is 3. The number of para-hydroxylation sites is 1. The Morgan fingerprint density at radius 2 is 1.78 bits per heavy atom. The summed E-state index contributed by atoms with van der Waals surface area (Å²) in [4.78, 5) is 34.0. The zero-order chi connectivity index (χ0) is 26.6. The maximum atomic E-state index is 13.9. The normalized spacial score (nSPS) is 11.5. The van der Waals surface area contributed by atoms with Crippen LogP contribution in [0.5, 0.6) is 0 Å². The third kappa shape index (κ3) is 5.99. The predicted molar refractivity (Wildman–Crippen MR) is 139 cm³/mol. The molecule has 0 aliphatic rings. The standard InChI is InChI=1S/C28H27F3N4O2/c1-3-13-35(14-12-32-26(36)19-9-5-4-6-10-19)22-16-20(15-21(17-22)28(29,30)31)25-33-24-18(2)8-7-11-23(24)27(37)34-25/h4-11,15-17H,3,12-14H2,1-2H3,(H,32,36)(H,33,34,37). The van der Waals surface area contributed by atoms with E-state index in [1.807, 2.05) is 13.0 Å². The Morgan fingerprint density at radius 3 is 2.49 bits per heavy atom. The van der Waals surface area contributed by atoms with Gasteiger partial charge in [0.15, 0.2) is 0 Å². The minimum absolute atomic E-state index is 0.0629. The molecule has 0 saturated carbocycles. The Bertz CT molecular complexity index is 1470. The topological polar surface area (TPSA) is 78.1 Å². The second-order valence-electron chi connectivity index (χ2n) is 8.76. The number of H-pyrrole nitrogens is 1. The first kappa shape index (κ1) is 25.9. The van der Waals surface area contributed by atoms with Gasteiger partial charge >= 0.3 is 6.18 Å². The molecule has 0 bridgehead atoms. The maximum Gasteiger partial charge on any atom is 0.416 e. The van der Waals surface area contributed by atoms with E-state index in [0.29, 0.717) is 41.7 Å². The highest BCUT2D eigenvalue weighted by Crippen LogP contribution is 2.35. The van der Waals surface area contributed by atoms with Crippen LogP contribution < -0.4 is 15.8 Å². The summed E-state index contributed by atoms with van der Waals surface area (Å²) in [5, 5.41) is 3.19. The van der Waals surface area contributed by atoms with Crippen molar-refractivity contribution in [1.29, 1.82) is 0 Å². The fourth-order valence-electron chi connectivity index (χ4n) is 4.17. The molecule has 9 heteroatoms. The van der Waals surface area contributed by atoms with Crippen LogP contribution in [0.2, 0.25) is 0 Å². The van der Waals surface area contributed by atoms with Crippen molar-refractivity contribution >= 4 is 22.5 Å². The quantitative estimate of drug-likeness (QED) is 0.327. The first-order valence-corrected chi connectivity index (χ1v) is 12.0. The van der Waals surface area contributed by atoms with Gasteiger partial charge in [-0.1, -0.05) is 37.3 Å². The lowest BCUT2D eigenvalue weighted by Gasteiger charge is -2.26. The van der Waals surface area contributed by atoms with E-state index >= 15 is 0 Å². The molecule has 37 heavy (non-hydrogen) atoms. The molecule has 0 saturated heterocycles. The number of hydrogen-bond acceptors (Lipinski definition) is 4. The summed E-state index contributed by atoms with van der Waals surface area (Å²) < 4.78 is 41.7. The van der Waals surface area contributed by atoms with Crippen LogP contribution in [0.1, 0.15) is 34.8 Å². The highest BCUT2D eigenvalue weighted by molar-refractivity contribution is 5.94. The van der Waals surface area contributed by atoms with Crippen LogP contribution in [0.15, 0.2) is 71.5 Å². The summed E-state index contributed by atoms with van der Waals surface area (Å²) in [6.45, 7) is 4.73. The fraction of sp³-hybridized carbons (Fsp3) is 0.250. The van der Waals surface area contributed by atoms with Crippen molar-refractivity contribution in [3.05, 3.63) is 93.8 Å². The van der Waals surface area contributed by atoms with E-state index in [9.17, 15) is 22.8 Å². The van der Waals surface area contributed by atoms with Gasteiger partial charge in [-0.25, -0.2) is 4.98 Å². The molecule has 0 radical (unpaired) electrons. The summed E-state index contributed by atoms with van der Waals surface area (Å²) >= 11 is 0. The molecule has 4 rings (SSSR count). The van der Waals surface area contributed by atoms with Crippen molar-refractivity contribution in [1.82, 2.24) is 15.3 Å². The zero-order valence-electron chi connectivity index (χ0n) is 20.5. The van der Waals surface area contributed by atoms with Crippen LogP contribution >= 0.6 is 0 Å². The van der Waals surface area contributed by atoms with Gasteiger partial charge in [0, 0.05) is 36.4 Å². The van der Waals surface area contributed by atoms with Crippen molar-refractivity contribution in [2.75, 3.05) is 24.5 Å². The van der Waals surface area contributed by atoms with Gasteiger partial charge < -0.3 is 15.2 Å². The maximum absolute atomic E-state index is 13.9. The molecule has 0 atom stereocenters. The van der Waals surface area contributed by atoms with Gasteiger partial charge in [-0.2, -0.15) is 13.2 Å². The monoisotopic (exact) mass is 508 g/mol. The van der Waals surface area contributed by atoms with E-state index in [1.165, 1.54) is 0 Å². The number of rotatable bonds is 8. The van der Waals surface area contributed by atoms with Gasteiger partial charge in [0.05, 0.1) is 16.5 Å². The molecule has 0 unspecified atom stereocenters. The molecule has 0 spiro atoms. The van der Waals surface area contributed by atoms with Crippen molar-refractivity contribution in [3.8, 4) is 11.4 Å². The third-order valence-corrected chi connectivity index (χ3v) is 6.02. The number of aromatic amines is 1. The fourth-order valence-corrected chi connectivity index (χ4v) is 4.17. The van der Waals surface area contributed by atoms with Crippen LogP contribution in [0, 0.1) is 6.92 Å². The van der Waals surface area contributed by atoms with Crippen LogP contribution in [0.4, 0.5) is 18.9 Å². The molecule has 0 aliphatic heterocycles. The molecule has 1 aromatic heterocycles. The first-order valence-electron chi connectivity index (χ1n) is 12.0. The number of halogens is 3. The Hall–Kier alpha value is -4.14. The molecule has 6 nitrogen and oxygen atoms in total. The van der Waals surface area contributed by atoms with Crippen molar-refractivity contribution in [2.24, 2.45) is 0 Å².